The van der Waals surface area contributed by atoms with Crippen LogP contribution in [0.15, 0.2) is 24.3 Å². The summed E-state index contributed by atoms with van der Waals surface area (Å²) >= 11 is 1.91. The Labute approximate surface area is 111 Å². The van der Waals surface area contributed by atoms with Crippen molar-refractivity contribution in [2.45, 2.75) is 24.1 Å². The van der Waals surface area contributed by atoms with Crippen LogP contribution in [-0.2, 0) is 4.79 Å². The number of carbonyl (C=O) groups is 1. The minimum Gasteiger partial charge on any atom is -0.496 e. The van der Waals surface area contributed by atoms with Crippen LogP contribution in [0.25, 0.3) is 0 Å². The van der Waals surface area contributed by atoms with Crippen molar-refractivity contribution < 1.29 is 9.53 Å². The summed E-state index contributed by atoms with van der Waals surface area (Å²) in [5.41, 5.74) is 1.18. The van der Waals surface area contributed by atoms with Crippen LogP contribution in [0, 0.1) is 0 Å². The minimum atomic E-state index is 0.298. The summed E-state index contributed by atoms with van der Waals surface area (Å²) in [5.74, 6) is 2.59. The number of piperidine rings is 1. The highest BCUT2D eigenvalue weighted by molar-refractivity contribution is 8.00. The average Bonchev–Trinajstić information content (AvgIpc) is 2.87. The summed E-state index contributed by atoms with van der Waals surface area (Å²) in [7, 11) is 1.69. The van der Waals surface area contributed by atoms with Gasteiger partial charge in [-0.2, -0.15) is 0 Å². The molecule has 4 heteroatoms. The number of benzene rings is 1. The summed E-state index contributed by atoms with van der Waals surface area (Å²) in [4.78, 5) is 14.2. The largest absolute Gasteiger partial charge is 0.496 e. The van der Waals surface area contributed by atoms with Crippen LogP contribution in [0.2, 0.25) is 0 Å². The Morgan fingerprint density at radius 2 is 2.22 bits per heavy atom. The Morgan fingerprint density at radius 3 is 3.06 bits per heavy atom. The number of carbonyl (C=O) groups excluding carboxylic acids is 1. The van der Waals surface area contributed by atoms with Gasteiger partial charge in [0.1, 0.15) is 5.75 Å². The lowest BCUT2D eigenvalue weighted by atomic mass is 9.88. The number of thioether (sulfide) groups is 1. The van der Waals surface area contributed by atoms with Crippen LogP contribution in [0.5, 0.6) is 5.75 Å². The van der Waals surface area contributed by atoms with Gasteiger partial charge in [0, 0.05) is 18.7 Å². The molecule has 2 aliphatic heterocycles. The lowest BCUT2D eigenvalue weighted by molar-refractivity contribution is -0.134. The number of rotatable bonds is 2. The summed E-state index contributed by atoms with van der Waals surface area (Å²) < 4.78 is 5.41. The van der Waals surface area contributed by atoms with Crippen LogP contribution < -0.4 is 4.74 Å². The molecule has 2 fully saturated rings. The van der Waals surface area contributed by atoms with E-state index >= 15 is 0 Å². The van der Waals surface area contributed by atoms with Crippen molar-refractivity contribution in [2.75, 3.05) is 19.4 Å². The van der Waals surface area contributed by atoms with Crippen molar-refractivity contribution in [3.63, 3.8) is 0 Å². The third kappa shape index (κ3) is 1.99. The highest BCUT2D eigenvalue weighted by Crippen LogP contribution is 2.42. The number of hydrogen-bond donors (Lipinski definition) is 0. The quantitative estimate of drug-likeness (QED) is 0.821. The molecule has 2 aliphatic rings. The van der Waals surface area contributed by atoms with Gasteiger partial charge in [-0.05, 0) is 24.0 Å². The maximum absolute atomic E-state index is 12.1. The van der Waals surface area contributed by atoms with Crippen molar-refractivity contribution in [1.82, 2.24) is 4.90 Å². The predicted molar refractivity (Wildman–Crippen MR) is 72.9 cm³/mol. The standard InChI is InChI=1S/C14H17NO2S/c1-17-12-5-3-2-4-11(12)10-8-13(16)15-6-7-18-14(15)9-10/h2-5,10,14H,6-9H2,1H3/t10-,14+/m1/s1. The molecule has 0 N–H and O–H groups in total. The fraction of sp³-hybridized carbons (Fsp3) is 0.500. The van der Waals surface area contributed by atoms with Crippen molar-refractivity contribution in [3.05, 3.63) is 29.8 Å². The second-order valence-corrected chi connectivity index (χ2v) is 6.08. The lowest BCUT2D eigenvalue weighted by Crippen LogP contribution is -2.40. The van der Waals surface area contributed by atoms with Crippen molar-refractivity contribution in [1.29, 1.82) is 0 Å². The Morgan fingerprint density at radius 1 is 1.39 bits per heavy atom. The number of nitrogens with zero attached hydrogens (tertiary/aromatic N) is 1. The zero-order chi connectivity index (χ0) is 12.5. The van der Waals surface area contributed by atoms with E-state index in [9.17, 15) is 4.79 Å². The van der Waals surface area contributed by atoms with E-state index in [-0.39, 0.29) is 0 Å². The summed E-state index contributed by atoms with van der Waals surface area (Å²) in [6.07, 6.45) is 1.67. The second-order valence-electron chi connectivity index (χ2n) is 4.79. The van der Waals surface area contributed by atoms with Crippen LogP contribution in [0.1, 0.15) is 24.3 Å². The first-order valence-electron chi connectivity index (χ1n) is 6.33. The fourth-order valence-electron chi connectivity index (χ4n) is 2.90. The number of para-hydroxylation sites is 1. The molecule has 3 nitrogen and oxygen atoms in total. The van der Waals surface area contributed by atoms with Gasteiger partial charge < -0.3 is 9.64 Å². The van der Waals surface area contributed by atoms with Gasteiger partial charge in [0.05, 0.1) is 12.5 Å². The molecule has 96 valence electrons. The third-order valence-electron chi connectivity index (χ3n) is 3.80. The van der Waals surface area contributed by atoms with E-state index < -0.39 is 0 Å². The van der Waals surface area contributed by atoms with Crippen LogP contribution in [-0.4, -0.2) is 35.6 Å². The van der Waals surface area contributed by atoms with Gasteiger partial charge in [0.2, 0.25) is 5.91 Å². The van der Waals surface area contributed by atoms with Gasteiger partial charge in [-0.25, -0.2) is 0 Å². The zero-order valence-corrected chi connectivity index (χ0v) is 11.3. The number of ether oxygens (including phenoxy) is 1. The van der Waals surface area contributed by atoms with Crippen molar-refractivity contribution in [3.8, 4) is 5.75 Å². The van der Waals surface area contributed by atoms with E-state index in [0.29, 0.717) is 23.6 Å². The molecular formula is C14H17NO2S. The Kier molecular flexibility index (Phi) is 3.20. The van der Waals surface area contributed by atoms with E-state index in [4.69, 9.17) is 4.74 Å². The van der Waals surface area contributed by atoms with Gasteiger partial charge >= 0.3 is 0 Å². The summed E-state index contributed by atoms with van der Waals surface area (Å²) in [6, 6.07) is 8.07. The first-order valence-corrected chi connectivity index (χ1v) is 7.38. The maximum atomic E-state index is 12.1. The van der Waals surface area contributed by atoms with Gasteiger partial charge in [-0.3, -0.25) is 4.79 Å². The van der Waals surface area contributed by atoms with Crippen LogP contribution in [0.3, 0.4) is 0 Å². The molecule has 0 aliphatic carbocycles. The molecule has 1 aromatic rings. The van der Waals surface area contributed by atoms with E-state index in [2.05, 4.69) is 6.07 Å². The Balaban J connectivity index is 1.86. The molecule has 0 spiro atoms. The molecule has 1 aromatic carbocycles. The molecule has 3 rings (SSSR count). The van der Waals surface area contributed by atoms with Gasteiger partial charge in [0.25, 0.3) is 0 Å². The number of fused-ring (bicyclic) bond motifs is 1. The molecule has 0 aromatic heterocycles. The molecule has 0 unspecified atom stereocenters. The molecule has 2 heterocycles. The number of hydrogen-bond acceptors (Lipinski definition) is 3. The fourth-order valence-corrected chi connectivity index (χ4v) is 4.24. The molecule has 18 heavy (non-hydrogen) atoms. The summed E-state index contributed by atoms with van der Waals surface area (Å²) in [6.45, 7) is 0.923. The highest BCUT2D eigenvalue weighted by atomic mass is 32.2. The van der Waals surface area contributed by atoms with Gasteiger partial charge in [-0.1, -0.05) is 18.2 Å². The molecule has 1 amide bonds. The van der Waals surface area contributed by atoms with E-state index in [1.807, 2.05) is 34.9 Å². The molecule has 0 radical (unpaired) electrons. The molecular weight excluding hydrogens is 246 g/mol. The van der Waals surface area contributed by atoms with Crippen LogP contribution >= 0.6 is 11.8 Å². The Bertz CT molecular complexity index is 463. The SMILES string of the molecule is COc1ccccc1[C@@H]1CC(=O)N2CCS[C@H]2C1. The molecule has 0 bridgehead atoms. The van der Waals surface area contributed by atoms with Crippen molar-refractivity contribution >= 4 is 17.7 Å². The normalized spacial score (nSPS) is 27.2. The van der Waals surface area contributed by atoms with E-state index in [1.165, 1.54) is 5.56 Å². The zero-order valence-electron chi connectivity index (χ0n) is 10.5. The lowest BCUT2D eigenvalue weighted by Gasteiger charge is -2.34. The van der Waals surface area contributed by atoms with Gasteiger partial charge in [0.15, 0.2) is 0 Å². The average molecular weight is 263 g/mol. The molecule has 0 saturated carbocycles. The molecule has 2 atom stereocenters. The first-order chi connectivity index (χ1) is 8.79. The first kappa shape index (κ1) is 11.9. The second kappa shape index (κ2) is 4.84. The third-order valence-corrected chi connectivity index (χ3v) is 5.05. The topological polar surface area (TPSA) is 29.5 Å². The smallest absolute Gasteiger partial charge is 0.224 e. The molecule has 2 saturated heterocycles. The summed E-state index contributed by atoms with van der Waals surface area (Å²) in [5, 5.41) is 0.376. The Hall–Kier alpha value is -1.16. The van der Waals surface area contributed by atoms with Gasteiger partial charge in [-0.15, -0.1) is 11.8 Å². The minimum absolute atomic E-state index is 0.298. The van der Waals surface area contributed by atoms with Crippen molar-refractivity contribution in [2.24, 2.45) is 0 Å². The number of amides is 1. The van der Waals surface area contributed by atoms with E-state index in [0.717, 1.165) is 24.5 Å². The predicted octanol–water partition coefficient (Wildman–Crippen LogP) is 2.47. The van der Waals surface area contributed by atoms with E-state index in [1.54, 1.807) is 7.11 Å². The van der Waals surface area contributed by atoms with Crippen LogP contribution in [0.4, 0.5) is 0 Å². The number of methoxy groups -OCH3 is 1. The maximum Gasteiger partial charge on any atom is 0.224 e. The monoisotopic (exact) mass is 263 g/mol. The highest BCUT2D eigenvalue weighted by Gasteiger charge is 2.38.